The molecule has 5 nitrogen and oxygen atoms in total. The van der Waals surface area contributed by atoms with Crippen LogP contribution in [-0.4, -0.2) is 36.2 Å². The number of carboxylic acid groups (broad SMARTS) is 1. The van der Waals surface area contributed by atoms with Crippen LogP contribution in [0, 0.1) is 5.92 Å². The lowest BCUT2D eigenvalue weighted by Crippen LogP contribution is -2.29. The molecule has 0 radical (unpaired) electrons. The number of nitrogens with one attached hydrogen (secondary N) is 1. The summed E-state index contributed by atoms with van der Waals surface area (Å²) in [7, 11) is 0. The minimum atomic E-state index is -0.861. The number of carbonyl (C=O) groups excluding carboxylic acids is 1. The molecule has 0 heterocycles. The van der Waals surface area contributed by atoms with Crippen LogP contribution in [0.25, 0.3) is 0 Å². The maximum atomic E-state index is 11.5. The SMILES string of the molecule is CC(CC(=O)O)CC(=O)NCCOC1CCCC1. The van der Waals surface area contributed by atoms with E-state index in [9.17, 15) is 9.59 Å². The van der Waals surface area contributed by atoms with Crippen LogP contribution in [0.3, 0.4) is 0 Å². The number of hydrogen-bond donors (Lipinski definition) is 2. The summed E-state index contributed by atoms with van der Waals surface area (Å²) >= 11 is 0. The van der Waals surface area contributed by atoms with Crippen molar-refractivity contribution in [2.45, 2.75) is 51.6 Å². The first kappa shape index (κ1) is 15.0. The fourth-order valence-corrected chi connectivity index (χ4v) is 2.23. The Balaban J connectivity index is 2.00. The predicted molar refractivity (Wildman–Crippen MR) is 67.3 cm³/mol. The summed E-state index contributed by atoms with van der Waals surface area (Å²) in [5, 5.41) is 11.3. The van der Waals surface area contributed by atoms with Crippen LogP contribution in [0.4, 0.5) is 0 Å². The van der Waals surface area contributed by atoms with Gasteiger partial charge in [0, 0.05) is 19.4 Å². The summed E-state index contributed by atoms with van der Waals surface area (Å²) in [4.78, 5) is 21.9. The van der Waals surface area contributed by atoms with Crippen LogP contribution >= 0.6 is 0 Å². The zero-order valence-corrected chi connectivity index (χ0v) is 11.0. The molecule has 0 aromatic heterocycles. The highest BCUT2D eigenvalue weighted by molar-refractivity contribution is 5.77. The Bertz CT molecular complexity index is 274. The third-order valence-corrected chi connectivity index (χ3v) is 3.14. The van der Waals surface area contributed by atoms with Crippen LogP contribution in [-0.2, 0) is 14.3 Å². The Hall–Kier alpha value is -1.10. The van der Waals surface area contributed by atoms with Crippen molar-refractivity contribution in [2.24, 2.45) is 5.92 Å². The van der Waals surface area contributed by atoms with E-state index >= 15 is 0 Å². The summed E-state index contributed by atoms with van der Waals surface area (Å²) < 4.78 is 5.61. The van der Waals surface area contributed by atoms with Gasteiger partial charge in [0.2, 0.25) is 5.91 Å². The van der Waals surface area contributed by atoms with Crippen molar-refractivity contribution < 1.29 is 19.4 Å². The number of ether oxygens (including phenoxy) is 1. The topological polar surface area (TPSA) is 75.6 Å². The summed E-state index contributed by atoms with van der Waals surface area (Å²) in [6.45, 7) is 2.82. The summed E-state index contributed by atoms with van der Waals surface area (Å²) in [5.41, 5.74) is 0. The second-order valence-electron chi connectivity index (χ2n) is 5.03. The zero-order valence-electron chi connectivity index (χ0n) is 11.0. The molecule has 0 bridgehead atoms. The van der Waals surface area contributed by atoms with Gasteiger partial charge >= 0.3 is 5.97 Å². The van der Waals surface area contributed by atoms with Gasteiger partial charge in [-0.2, -0.15) is 0 Å². The highest BCUT2D eigenvalue weighted by atomic mass is 16.5. The summed E-state index contributed by atoms with van der Waals surface area (Å²) in [6.07, 6.45) is 5.40. The first-order chi connectivity index (χ1) is 8.58. The molecule has 0 saturated heterocycles. The zero-order chi connectivity index (χ0) is 13.4. The number of rotatable bonds is 8. The smallest absolute Gasteiger partial charge is 0.303 e. The van der Waals surface area contributed by atoms with E-state index in [0.717, 1.165) is 12.8 Å². The number of aliphatic carboxylic acids is 1. The van der Waals surface area contributed by atoms with Crippen molar-refractivity contribution in [1.82, 2.24) is 5.32 Å². The third-order valence-electron chi connectivity index (χ3n) is 3.14. The van der Waals surface area contributed by atoms with E-state index < -0.39 is 5.97 Å². The lowest BCUT2D eigenvalue weighted by Gasteiger charge is -2.12. The molecule has 1 aliphatic carbocycles. The van der Waals surface area contributed by atoms with Crippen molar-refractivity contribution in [1.29, 1.82) is 0 Å². The van der Waals surface area contributed by atoms with Gasteiger partial charge in [-0.3, -0.25) is 9.59 Å². The molecule has 1 fully saturated rings. The van der Waals surface area contributed by atoms with Gasteiger partial charge in [0.05, 0.1) is 12.7 Å². The lowest BCUT2D eigenvalue weighted by molar-refractivity contribution is -0.138. The molecule has 1 rings (SSSR count). The van der Waals surface area contributed by atoms with E-state index in [1.165, 1.54) is 12.8 Å². The molecule has 0 aliphatic heterocycles. The first-order valence-corrected chi connectivity index (χ1v) is 6.68. The number of hydrogen-bond acceptors (Lipinski definition) is 3. The van der Waals surface area contributed by atoms with Gasteiger partial charge in [0.1, 0.15) is 0 Å². The highest BCUT2D eigenvalue weighted by Gasteiger charge is 2.15. The molecule has 18 heavy (non-hydrogen) atoms. The van der Waals surface area contributed by atoms with Crippen molar-refractivity contribution in [3.8, 4) is 0 Å². The quantitative estimate of drug-likeness (QED) is 0.647. The molecule has 1 saturated carbocycles. The average molecular weight is 257 g/mol. The van der Waals surface area contributed by atoms with E-state index in [-0.39, 0.29) is 24.7 Å². The first-order valence-electron chi connectivity index (χ1n) is 6.68. The fourth-order valence-electron chi connectivity index (χ4n) is 2.23. The Morgan fingerprint density at radius 2 is 2.00 bits per heavy atom. The minimum Gasteiger partial charge on any atom is -0.481 e. The van der Waals surface area contributed by atoms with Crippen LogP contribution in [0.1, 0.15) is 45.4 Å². The molecular formula is C13H23NO4. The van der Waals surface area contributed by atoms with Crippen LogP contribution in [0.2, 0.25) is 0 Å². The lowest BCUT2D eigenvalue weighted by atomic mass is 10.0. The van der Waals surface area contributed by atoms with Gasteiger partial charge in [-0.15, -0.1) is 0 Å². The largest absolute Gasteiger partial charge is 0.481 e. The van der Waals surface area contributed by atoms with Crippen molar-refractivity contribution in [2.75, 3.05) is 13.2 Å². The third kappa shape index (κ3) is 6.59. The summed E-state index contributed by atoms with van der Waals surface area (Å²) in [6, 6.07) is 0. The Labute approximate surface area is 108 Å². The van der Waals surface area contributed by atoms with Crippen molar-refractivity contribution in [3.05, 3.63) is 0 Å². The predicted octanol–water partition coefficient (Wildman–Crippen LogP) is 1.56. The van der Waals surface area contributed by atoms with E-state index in [1.807, 2.05) is 0 Å². The molecule has 1 unspecified atom stereocenters. The number of amides is 1. The highest BCUT2D eigenvalue weighted by Crippen LogP contribution is 2.20. The molecular weight excluding hydrogens is 234 g/mol. The molecule has 0 spiro atoms. The second kappa shape index (κ2) is 8.08. The van der Waals surface area contributed by atoms with Crippen LogP contribution in [0.15, 0.2) is 0 Å². The molecule has 0 aromatic carbocycles. The summed E-state index contributed by atoms with van der Waals surface area (Å²) in [5.74, 6) is -1.09. The maximum absolute atomic E-state index is 11.5. The maximum Gasteiger partial charge on any atom is 0.303 e. The van der Waals surface area contributed by atoms with Gasteiger partial charge in [-0.1, -0.05) is 19.8 Å². The van der Waals surface area contributed by atoms with Crippen molar-refractivity contribution in [3.63, 3.8) is 0 Å². The molecule has 5 heteroatoms. The molecule has 104 valence electrons. The normalized spacial score (nSPS) is 17.6. The van der Waals surface area contributed by atoms with Gasteiger partial charge < -0.3 is 15.2 Å². The number of carbonyl (C=O) groups is 2. The number of carboxylic acids is 1. The molecule has 1 amide bonds. The Morgan fingerprint density at radius 1 is 1.33 bits per heavy atom. The van der Waals surface area contributed by atoms with E-state index in [0.29, 0.717) is 19.3 Å². The second-order valence-corrected chi connectivity index (χ2v) is 5.03. The Morgan fingerprint density at radius 3 is 2.61 bits per heavy atom. The molecule has 1 atom stereocenters. The van der Waals surface area contributed by atoms with Gasteiger partial charge in [-0.05, 0) is 18.8 Å². The minimum absolute atomic E-state index is 0.0337. The van der Waals surface area contributed by atoms with Gasteiger partial charge in [0.15, 0.2) is 0 Å². The van der Waals surface area contributed by atoms with Crippen molar-refractivity contribution >= 4 is 11.9 Å². The van der Waals surface area contributed by atoms with Crippen LogP contribution in [0.5, 0.6) is 0 Å². The standard InChI is InChI=1S/C13H23NO4/c1-10(9-13(16)17)8-12(15)14-6-7-18-11-4-2-3-5-11/h10-11H,2-9H2,1H3,(H,14,15)(H,16,17). The molecule has 0 aromatic rings. The van der Waals surface area contributed by atoms with E-state index in [4.69, 9.17) is 9.84 Å². The average Bonchev–Trinajstić information content (AvgIpc) is 2.75. The van der Waals surface area contributed by atoms with E-state index in [2.05, 4.69) is 5.32 Å². The monoisotopic (exact) mass is 257 g/mol. The fraction of sp³-hybridized carbons (Fsp3) is 0.846. The Kier molecular flexibility index (Phi) is 6.72. The van der Waals surface area contributed by atoms with E-state index in [1.54, 1.807) is 6.92 Å². The van der Waals surface area contributed by atoms with Crippen LogP contribution < -0.4 is 5.32 Å². The molecule has 1 aliphatic rings. The van der Waals surface area contributed by atoms with Gasteiger partial charge in [-0.25, -0.2) is 0 Å². The molecule has 2 N–H and O–H groups in total. The van der Waals surface area contributed by atoms with Gasteiger partial charge in [0.25, 0.3) is 0 Å².